The average Bonchev–Trinajstić information content (AvgIpc) is 2.62. The smallest absolute Gasteiger partial charge is 0.109 e. The molecule has 0 saturated carbocycles. The van der Waals surface area contributed by atoms with Crippen LogP contribution in [0, 0.1) is 0 Å². The van der Waals surface area contributed by atoms with Gasteiger partial charge in [-0.15, -0.1) is 17.9 Å². The number of aryl methyl sites for hydroxylation is 1. The van der Waals surface area contributed by atoms with Crippen molar-refractivity contribution in [2.24, 2.45) is 0 Å². The first-order valence-corrected chi connectivity index (χ1v) is 5.38. The van der Waals surface area contributed by atoms with Crippen LogP contribution >= 0.6 is 11.3 Å². The highest BCUT2D eigenvalue weighted by atomic mass is 32.1. The van der Waals surface area contributed by atoms with Crippen molar-refractivity contribution in [2.75, 3.05) is 6.54 Å². The fourth-order valence-electron chi connectivity index (χ4n) is 1.03. The Labute approximate surface area is 83.7 Å². The zero-order valence-electron chi connectivity index (χ0n) is 8.21. The van der Waals surface area contributed by atoms with Gasteiger partial charge in [-0.3, -0.25) is 0 Å². The molecule has 1 unspecified atom stereocenters. The molecule has 0 bridgehead atoms. The van der Waals surface area contributed by atoms with Crippen molar-refractivity contribution in [1.29, 1.82) is 0 Å². The summed E-state index contributed by atoms with van der Waals surface area (Å²) < 4.78 is 0. The zero-order valence-corrected chi connectivity index (χ0v) is 9.03. The van der Waals surface area contributed by atoms with E-state index >= 15 is 0 Å². The molecule has 72 valence electrons. The third kappa shape index (κ3) is 2.94. The van der Waals surface area contributed by atoms with E-state index in [-0.39, 0.29) is 0 Å². The molecule has 0 amide bonds. The molecule has 1 aromatic heterocycles. The van der Waals surface area contributed by atoms with Gasteiger partial charge in [0, 0.05) is 17.6 Å². The van der Waals surface area contributed by atoms with E-state index in [9.17, 15) is 0 Å². The third-order valence-electron chi connectivity index (χ3n) is 1.86. The highest BCUT2D eigenvalue weighted by molar-refractivity contribution is 7.11. The summed E-state index contributed by atoms with van der Waals surface area (Å²) in [6, 6.07) is 0.336. The predicted molar refractivity (Wildman–Crippen MR) is 58.1 cm³/mol. The van der Waals surface area contributed by atoms with Crippen LogP contribution in [0.15, 0.2) is 18.9 Å². The maximum absolute atomic E-state index is 4.36. The fraction of sp³-hybridized carbons (Fsp3) is 0.500. The molecule has 0 aliphatic rings. The van der Waals surface area contributed by atoms with Crippen LogP contribution in [0.25, 0.3) is 0 Å². The summed E-state index contributed by atoms with van der Waals surface area (Å²) in [6.45, 7) is 8.78. The number of nitrogens with one attached hydrogen (secondary N) is 1. The Morgan fingerprint density at radius 2 is 2.54 bits per heavy atom. The number of aromatic nitrogens is 1. The monoisotopic (exact) mass is 196 g/mol. The van der Waals surface area contributed by atoms with Gasteiger partial charge in [-0.25, -0.2) is 4.98 Å². The van der Waals surface area contributed by atoms with Crippen LogP contribution in [0.3, 0.4) is 0 Å². The Hall–Kier alpha value is -0.670. The predicted octanol–water partition coefficient (Wildman–Crippen LogP) is 2.54. The molecule has 0 fully saturated rings. The molecular formula is C10H16N2S. The van der Waals surface area contributed by atoms with Crippen molar-refractivity contribution in [2.45, 2.75) is 26.3 Å². The van der Waals surface area contributed by atoms with Gasteiger partial charge < -0.3 is 5.32 Å². The van der Waals surface area contributed by atoms with E-state index in [4.69, 9.17) is 0 Å². The molecule has 0 aliphatic carbocycles. The minimum atomic E-state index is 0.336. The molecule has 1 heterocycles. The minimum Gasteiger partial charge on any atom is -0.305 e. The quantitative estimate of drug-likeness (QED) is 0.732. The van der Waals surface area contributed by atoms with Crippen LogP contribution in [0.5, 0.6) is 0 Å². The number of hydrogen-bond donors (Lipinski definition) is 1. The first kappa shape index (κ1) is 10.4. The lowest BCUT2D eigenvalue weighted by Gasteiger charge is -2.07. The van der Waals surface area contributed by atoms with Crippen LogP contribution < -0.4 is 5.32 Å². The molecule has 1 N–H and O–H groups in total. The van der Waals surface area contributed by atoms with Gasteiger partial charge in [0.2, 0.25) is 0 Å². The zero-order chi connectivity index (χ0) is 9.68. The summed E-state index contributed by atoms with van der Waals surface area (Å²) >= 11 is 1.78. The second-order valence-electron chi connectivity index (χ2n) is 2.94. The van der Waals surface area contributed by atoms with Crippen molar-refractivity contribution in [1.82, 2.24) is 10.3 Å². The Bertz CT molecular complexity index is 268. The largest absolute Gasteiger partial charge is 0.305 e. The average molecular weight is 196 g/mol. The maximum Gasteiger partial charge on any atom is 0.109 e. The van der Waals surface area contributed by atoms with Crippen LogP contribution in [0.4, 0.5) is 0 Å². The Morgan fingerprint density at radius 1 is 1.77 bits per heavy atom. The molecule has 2 nitrogen and oxygen atoms in total. The van der Waals surface area contributed by atoms with Gasteiger partial charge in [0.1, 0.15) is 5.01 Å². The first-order valence-electron chi connectivity index (χ1n) is 4.56. The summed E-state index contributed by atoms with van der Waals surface area (Å²) in [5.41, 5.74) is 0. The number of rotatable bonds is 5. The molecule has 3 heteroatoms. The molecule has 1 rings (SSSR count). The molecule has 1 aromatic rings. The van der Waals surface area contributed by atoms with Gasteiger partial charge in [0.05, 0.1) is 6.04 Å². The molecular weight excluding hydrogens is 180 g/mol. The molecule has 1 atom stereocenters. The highest BCUT2D eigenvalue weighted by Crippen LogP contribution is 2.19. The third-order valence-corrected chi connectivity index (χ3v) is 3.18. The van der Waals surface area contributed by atoms with Gasteiger partial charge >= 0.3 is 0 Å². The Kier molecular flexibility index (Phi) is 4.12. The Morgan fingerprint density at radius 3 is 3.08 bits per heavy atom. The van der Waals surface area contributed by atoms with Gasteiger partial charge in [0.15, 0.2) is 0 Å². The first-order chi connectivity index (χ1) is 6.27. The van der Waals surface area contributed by atoms with Crippen LogP contribution in [-0.2, 0) is 6.42 Å². The molecule has 0 saturated heterocycles. The van der Waals surface area contributed by atoms with Gasteiger partial charge in [-0.2, -0.15) is 0 Å². The maximum atomic E-state index is 4.36. The number of nitrogens with zero attached hydrogens (tertiary/aromatic N) is 1. The number of hydrogen-bond acceptors (Lipinski definition) is 3. The second-order valence-corrected chi connectivity index (χ2v) is 4.08. The molecule has 13 heavy (non-hydrogen) atoms. The lowest BCUT2D eigenvalue weighted by atomic mass is 10.3. The van der Waals surface area contributed by atoms with Crippen LogP contribution in [0.2, 0.25) is 0 Å². The fourth-order valence-corrected chi connectivity index (χ4v) is 1.92. The Balaban J connectivity index is 2.54. The van der Waals surface area contributed by atoms with E-state index in [1.807, 2.05) is 12.3 Å². The second kappa shape index (κ2) is 5.14. The summed E-state index contributed by atoms with van der Waals surface area (Å²) in [7, 11) is 0. The minimum absolute atomic E-state index is 0.336. The molecule has 0 radical (unpaired) electrons. The van der Waals surface area contributed by atoms with Crippen molar-refractivity contribution in [3.05, 3.63) is 28.7 Å². The van der Waals surface area contributed by atoms with Crippen LogP contribution in [-0.4, -0.2) is 11.5 Å². The SMILES string of the molecule is C=CCNC(C)c1ncc(CC)s1. The van der Waals surface area contributed by atoms with E-state index in [1.165, 1.54) is 9.88 Å². The lowest BCUT2D eigenvalue weighted by Crippen LogP contribution is -2.17. The lowest BCUT2D eigenvalue weighted by molar-refractivity contribution is 0.614. The molecule has 0 aromatic carbocycles. The van der Waals surface area contributed by atoms with E-state index in [2.05, 4.69) is 30.7 Å². The van der Waals surface area contributed by atoms with E-state index in [1.54, 1.807) is 11.3 Å². The van der Waals surface area contributed by atoms with Crippen molar-refractivity contribution < 1.29 is 0 Å². The standard InChI is InChI=1S/C10H16N2S/c1-4-6-11-8(3)10-12-7-9(5-2)13-10/h4,7-8,11H,1,5-6H2,2-3H3. The van der Waals surface area contributed by atoms with E-state index < -0.39 is 0 Å². The van der Waals surface area contributed by atoms with Crippen molar-refractivity contribution in [3.63, 3.8) is 0 Å². The summed E-state index contributed by atoms with van der Waals surface area (Å²) in [5, 5.41) is 4.48. The van der Waals surface area contributed by atoms with Crippen LogP contribution in [0.1, 0.15) is 29.8 Å². The summed E-state index contributed by atoms with van der Waals surface area (Å²) in [4.78, 5) is 5.71. The van der Waals surface area contributed by atoms with Gasteiger partial charge in [-0.05, 0) is 13.3 Å². The molecule has 0 spiro atoms. The molecule has 0 aliphatic heterocycles. The van der Waals surface area contributed by atoms with Crippen molar-refractivity contribution >= 4 is 11.3 Å². The van der Waals surface area contributed by atoms with E-state index in [0.717, 1.165) is 13.0 Å². The topological polar surface area (TPSA) is 24.9 Å². The number of thiazole rings is 1. The normalized spacial score (nSPS) is 12.8. The highest BCUT2D eigenvalue weighted by Gasteiger charge is 2.07. The van der Waals surface area contributed by atoms with Crippen molar-refractivity contribution in [3.8, 4) is 0 Å². The summed E-state index contributed by atoms with van der Waals surface area (Å²) in [6.07, 6.45) is 4.91. The van der Waals surface area contributed by atoms with E-state index in [0.29, 0.717) is 6.04 Å². The summed E-state index contributed by atoms with van der Waals surface area (Å²) in [5.74, 6) is 0. The van der Waals surface area contributed by atoms with Gasteiger partial charge in [-0.1, -0.05) is 13.0 Å². The van der Waals surface area contributed by atoms with Gasteiger partial charge in [0.25, 0.3) is 0 Å².